The number of aryl methyl sites for hydroxylation is 1. The standard InChI is InChI=1S/C19H15FN6O3S/c20-13-1-3-14(4-2-13)22-16(27)5-6-17-23-15(26-29-17)11-30-19-25-24-18(28-19)12-7-9-21-10-8-12/h1-4,7-10H,5-6,11H2,(H,22,27). The van der Waals surface area contributed by atoms with E-state index in [4.69, 9.17) is 8.94 Å². The molecule has 30 heavy (non-hydrogen) atoms. The molecule has 3 heterocycles. The number of carbonyl (C=O) groups excluding carboxylic acids is 1. The summed E-state index contributed by atoms with van der Waals surface area (Å²) in [6.45, 7) is 0. The lowest BCUT2D eigenvalue weighted by molar-refractivity contribution is -0.116. The number of benzene rings is 1. The zero-order valence-corrected chi connectivity index (χ0v) is 16.3. The fraction of sp³-hybridized carbons (Fsp3) is 0.158. The van der Waals surface area contributed by atoms with Crippen molar-refractivity contribution in [3.05, 3.63) is 66.3 Å². The summed E-state index contributed by atoms with van der Waals surface area (Å²) >= 11 is 1.28. The molecule has 11 heteroatoms. The predicted molar refractivity (Wildman–Crippen MR) is 105 cm³/mol. The minimum Gasteiger partial charge on any atom is -0.411 e. The molecule has 0 radical (unpaired) electrons. The van der Waals surface area contributed by atoms with Gasteiger partial charge in [0.05, 0.1) is 5.75 Å². The van der Waals surface area contributed by atoms with Crippen molar-refractivity contribution >= 4 is 23.4 Å². The number of hydrogen-bond donors (Lipinski definition) is 1. The first-order valence-corrected chi connectivity index (χ1v) is 9.88. The Morgan fingerprint density at radius 3 is 2.70 bits per heavy atom. The quantitative estimate of drug-likeness (QED) is 0.422. The number of nitrogens with one attached hydrogen (secondary N) is 1. The second kappa shape index (κ2) is 9.27. The van der Waals surface area contributed by atoms with Gasteiger partial charge in [-0.05, 0) is 36.4 Å². The van der Waals surface area contributed by atoms with Crippen LogP contribution in [0.3, 0.4) is 0 Å². The number of pyridine rings is 1. The Balaban J connectivity index is 1.25. The van der Waals surface area contributed by atoms with Gasteiger partial charge in [0.15, 0.2) is 5.82 Å². The van der Waals surface area contributed by atoms with E-state index in [1.165, 1.54) is 36.0 Å². The molecule has 9 nitrogen and oxygen atoms in total. The Morgan fingerprint density at radius 2 is 1.90 bits per heavy atom. The lowest BCUT2D eigenvalue weighted by Crippen LogP contribution is -2.12. The Morgan fingerprint density at radius 1 is 1.10 bits per heavy atom. The number of nitrogens with zero attached hydrogens (tertiary/aromatic N) is 5. The molecule has 0 saturated heterocycles. The minimum absolute atomic E-state index is 0.158. The molecule has 1 amide bonds. The molecule has 0 fully saturated rings. The van der Waals surface area contributed by atoms with Crippen LogP contribution in [0.2, 0.25) is 0 Å². The van der Waals surface area contributed by atoms with Crippen molar-refractivity contribution in [2.75, 3.05) is 5.32 Å². The highest BCUT2D eigenvalue weighted by atomic mass is 32.2. The van der Waals surface area contributed by atoms with Crippen LogP contribution in [0.5, 0.6) is 0 Å². The summed E-state index contributed by atoms with van der Waals surface area (Å²) in [5.41, 5.74) is 1.31. The van der Waals surface area contributed by atoms with Gasteiger partial charge in [0.2, 0.25) is 17.7 Å². The van der Waals surface area contributed by atoms with Crippen molar-refractivity contribution in [2.45, 2.75) is 23.8 Å². The number of rotatable bonds is 8. The molecule has 0 saturated carbocycles. The van der Waals surface area contributed by atoms with Gasteiger partial charge in [-0.1, -0.05) is 16.9 Å². The lowest BCUT2D eigenvalue weighted by Gasteiger charge is -2.03. The summed E-state index contributed by atoms with van der Waals surface area (Å²) in [5.74, 6) is 0.994. The first-order chi connectivity index (χ1) is 14.7. The normalized spacial score (nSPS) is 10.8. The maximum atomic E-state index is 12.9. The van der Waals surface area contributed by atoms with Crippen molar-refractivity contribution in [2.24, 2.45) is 0 Å². The molecule has 0 aliphatic rings. The number of thioether (sulfide) groups is 1. The molecular weight excluding hydrogens is 411 g/mol. The number of halogens is 1. The molecule has 1 N–H and O–H groups in total. The SMILES string of the molecule is O=C(CCc1nc(CSc2nnc(-c3ccncc3)o2)no1)Nc1ccc(F)cc1. The third-order valence-electron chi connectivity index (χ3n) is 3.86. The lowest BCUT2D eigenvalue weighted by atomic mass is 10.2. The topological polar surface area (TPSA) is 120 Å². The van der Waals surface area contributed by atoms with Crippen LogP contribution in [0.1, 0.15) is 18.1 Å². The van der Waals surface area contributed by atoms with Crippen LogP contribution < -0.4 is 5.32 Å². The van der Waals surface area contributed by atoms with Gasteiger partial charge in [-0.15, -0.1) is 10.2 Å². The summed E-state index contributed by atoms with van der Waals surface area (Å²) in [6.07, 6.45) is 3.74. The largest absolute Gasteiger partial charge is 0.411 e. The summed E-state index contributed by atoms with van der Waals surface area (Å²) in [7, 11) is 0. The molecule has 0 atom stereocenters. The van der Waals surface area contributed by atoms with Gasteiger partial charge in [0.1, 0.15) is 5.82 Å². The maximum Gasteiger partial charge on any atom is 0.277 e. The van der Waals surface area contributed by atoms with Crippen LogP contribution in [0.15, 0.2) is 63.0 Å². The number of aromatic nitrogens is 5. The van der Waals surface area contributed by atoms with Gasteiger partial charge in [0.25, 0.3) is 5.22 Å². The highest BCUT2D eigenvalue weighted by Gasteiger charge is 2.13. The Hall–Kier alpha value is -3.60. The maximum absolute atomic E-state index is 12.9. The zero-order valence-electron chi connectivity index (χ0n) is 15.5. The smallest absolute Gasteiger partial charge is 0.277 e. The van der Waals surface area contributed by atoms with E-state index in [1.807, 2.05) is 0 Å². The second-order valence-electron chi connectivity index (χ2n) is 6.06. The zero-order chi connectivity index (χ0) is 20.8. The van der Waals surface area contributed by atoms with E-state index in [1.54, 1.807) is 24.5 Å². The van der Waals surface area contributed by atoms with E-state index >= 15 is 0 Å². The average molecular weight is 426 g/mol. The van der Waals surface area contributed by atoms with Crippen molar-refractivity contribution in [1.29, 1.82) is 0 Å². The van der Waals surface area contributed by atoms with Crippen LogP contribution in [-0.4, -0.2) is 31.2 Å². The van der Waals surface area contributed by atoms with Gasteiger partial charge in [-0.3, -0.25) is 9.78 Å². The van der Waals surface area contributed by atoms with Crippen LogP contribution >= 0.6 is 11.8 Å². The third kappa shape index (κ3) is 5.26. The molecule has 0 spiro atoms. The van der Waals surface area contributed by atoms with Gasteiger partial charge in [-0.2, -0.15) is 4.98 Å². The number of carbonyl (C=O) groups is 1. The first-order valence-electron chi connectivity index (χ1n) is 8.89. The summed E-state index contributed by atoms with van der Waals surface area (Å²) in [5, 5.41) is 14.9. The molecule has 152 valence electrons. The van der Waals surface area contributed by atoms with Crippen LogP contribution in [0.25, 0.3) is 11.5 Å². The highest BCUT2D eigenvalue weighted by molar-refractivity contribution is 7.98. The van der Waals surface area contributed by atoms with Crippen molar-refractivity contribution < 1.29 is 18.1 Å². The fourth-order valence-corrected chi connectivity index (χ4v) is 3.04. The Kier molecular flexibility index (Phi) is 6.09. The first kappa shape index (κ1) is 19.7. The summed E-state index contributed by atoms with van der Waals surface area (Å²) < 4.78 is 23.6. The van der Waals surface area contributed by atoms with E-state index in [0.29, 0.717) is 34.3 Å². The molecule has 0 bridgehead atoms. The van der Waals surface area contributed by atoms with E-state index in [9.17, 15) is 9.18 Å². The van der Waals surface area contributed by atoms with E-state index in [-0.39, 0.29) is 24.6 Å². The van der Waals surface area contributed by atoms with Crippen molar-refractivity contribution in [3.63, 3.8) is 0 Å². The van der Waals surface area contributed by atoms with Gasteiger partial charge < -0.3 is 14.3 Å². The van der Waals surface area contributed by atoms with Gasteiger partial charge in [0, 0.05) is 36.5 Å². The molecule has 0 unspecified atom stereocenters. The van der Waals surface area contributed by atoms with Crippen LogP contribution in [0, 0.1) is 5.82 Å². The molecule has 1 aromatic carbocycles. The van der Waals surface area contributed by atoms with Crippen LogP contribution in [0.4, 0.5) is 10.1 Å². The summed E-state index contributed by atoms with van der Waals surface area (Å²) in [4.78, 5) is 20.2. The van der Waals surface area contributed by atoms with Gasteiger partial charge in [-0.25, -0.2) is 4.39 Å². The number of amides is 1. The average Bonchev–Trinajstić information content (AvgIpc) is 3.43. The Labute approximate surface area is 174 Å². The number of hydrogen-bond acceptors (Lipinski definition) is 9. The van der Waals surface area contributed by atoms with Crippen molar-refractivity contribution in [3.8, 4) is 11.5 Å². The fourth-order valence-electron chi connectivity index (χ4n) is 2.43. The number of anilines is 1. The minimum atomic E-state index is -0.363. The molecule has 4 rings (SSSR count). The highest BCUT2D eigenvalue weighted by Crippen LogP contribution is 2.24. The monoisotopic (exact) mass is 426 g/mol. The molecular formula is C19H15FN6O3S. The van der Waals surface area contributed by atoms with Crippen LogP contribution in [-0.2, 0) is 17.0 Å². The van der Waals surface area contributed by atoms with Gasteiger partial charge >= 0.3 is 0 Å². The third-order valence-corrected chi connectivity index (χ3v) is 4.68. The molecule has 3 aromatic heterocycles. The van der Waals surface area contributed by atoms with E-state index in [2.05, 4.69) is 30.6 Å². The second-order valence-corrected chi connectivity index (χ2v) is 6.98. The van der Waals surface area contributed by atoms with E-state index in [0.717, 1.165) is 5.56 Å². The molecule has 4 aromatic rings. The predicted octanol–water partition coefficient (Wildman–Crippen LogP) is 3.52. The van der Waals surface area contributed by atoms with Crippen molar-refractivity contribution in [1.82, 2.24) is 25.3 Å². The summed E-state index contributed by atoms with van der Waals surface area (Å²) in [6, 6.07) is 9.10. The van der Waals surface area contributed by atoms with E-state index < -0.39 is 0 Å². The molecule has 0 aliphatic carbocycles. The Bertz CT molecular complexity index is 1120. The molecule has 0 aliphatic heterocycles.